The number of amides is 1. The molecule has 1 aromatic carbocycles. The van der Waals surface area contributed by atoms with Gasteiger partial charge in [0.15, 0.2) is 0 Å². The molecule has 1 amide bonds. The highest BCUT2D eigenvalue weighted by molar-refractivity contribution is 9.10. The Morgan fingerprint density at radius 2 is 2.41 bits per heavy atom. The van der Waals surface area contributed by atoms with Crippen molar-refractivity contribution >= 4 is 21.8 Å². The number of carbonyl (C=O) groups is 1. The predicted molar refractivity (Wildman–Crippen MR) is 71.7 cm³/mol. The maximum Gasteiger partial charge on any atom is 0.224 e. The van der Waals surface area contributed by atoms with Crippen LogP contribution in [0.2, 0.25) is 0 Å². The summed E-state index contributed by atoms with van der Waals surface area (Å²) in [6.45, 7) is 3.77. The Labute approximate surface area is 110 Å². The summed E-state index contributed by atoms with van der Waals surface area (Å²) in [4.78, 5) is 12.0. The maximum atomic E-state index is 12.0. The number of carbonyl (C=O) groups excluding carboxylic acids is 1. The van der Waals surface area contributed by atoms with E-state index < -0.39 is 0 Å². The normalized spacial score (nSPS) is 21.2. The van der Waals surface area contributed by atoms with Crippen LogP contribution < -0.4 is 10.6 Å². The van der Waals surface area contributed by atoms with E-state index in [4.69, 9.17) is 0 Å². The average molecular weight is 297 g/mol. The van der Waals surface area contributed by atoms with Gasteiger partial charge in [-0.1, -0.05) is 28.1 Å². The number of hydrogen-bond donors (Lipinski definition) is 2. The fourth-order valence-corrected chi connectivity index (χ4v) is 2.49. The van der Waals surface area contributed by atoms with E-state index in [9.17, 15) is 4.79 Å². The summed E-state index contributed by atoms with van der Waals surface area (Å²) < 4.78 is 1.04. The Morgan fingerprint density at radius 1 is 1.59 bits per heavy atom. The van der Waals surface area contributed by atoms with Crippen LogP contribution in [-0.4, -0.2) is 19.0 Å². The van der Waals surface area contributed by atoms with E-state index in [2.05, 4.69) is 26.6 Å². The lowest BCUT2D eigenvalue weighted by atomic mass is 10.1. The molecule has 1 aliphatic heterocycles. The summed E-state index contributed by atoms with van der Waals surface area (Å²) in [6.07, 6.45) is 0.942. The topological polar surface area (TPSA) is 41.1 Å². The molecular formula is C13H17BrN2O. The lowest BCUT2D eigenvalue weighted by molar-refractivity contribution is -0.125. The molecule has 0 saturated carbocycles. The maximum absolute atomic E-state index is 12.0. The van der Waals surface area contributed by atoms with Gasteiger partial charge in [0.25, 0.3) is 0 Å². The summed E-state index contributed by atoms with van der Waals surface area (Å²) in [5.41, 5.74) is 1.12. The molecule has 1 aliphatic rings. The molecule has 0 aliphatic carbocycles. The molecule has 2 rings (SSSR count). The van der Waals surface area contributed by atoms with Gasteiger partial charge in [0.2, 0.25) is 5.91 Å². The molecular weight excluding hydrogens is 280 g/mol. The van der Waals surface area contributed by atoms with Gasteiger partial charge in [0, 0.05) is 11.0 Å². The van der Waals surface area contributed by atoms with Crippen LogP contribution in [-0.2, 0) is 4.79 Å². The highest BCUT2D eigenvalue weighted by Gasteiger charge is 2.23. The quantitative estimate of drug-likeness (QED) is 0.898. The van der Waals surface area contributed by atoms with Crippen LogP contribution in [0.5, 0.6) is 0 Å². The number of rotatable bonds is 3. The number of halogens is 1. The third kappa shape index (κ3) is 3.30. The van der Waals surface area contributed by atoms with Gasteiger partial charge in [-0.25, -0.2) is 0 Å². The number of benzene rings is 1. The summed E-state index contributed by atoms with van der Waals surface area (Å²) in [5, 5.41) is 6.27. The van der Waals surface area contributed by atoms with Gasteiger partial charge >= 0.3 is 0 Å². The van der Waals surface area contributed by atoms with E-state index >= 15 is 0 Å². The van der Waals surface area contributed by atoms with Crippen LogP contribution in [0.4, 0.5) is 0 Å². The first-order chi connectivity index (χ1) is 8.16. The molecule has 4 heteroatoms. The fraction of sp³-hybridized carbons (Fsp3) is 0.462. The fourth-order valence-electron chi connectivity index (χ4n) is 2.07. The molecule has 2 unspecified atom stereocenters. The van der Waals surface area contributed by atoms with Crippen LogP contribution >= 0.6 is 15.9 Å². The summed E-state index contributed by atoms with van der Waals surface area (Å²) in [5.74, 6) is 0.284. The van der Waals surface area contributed by atoms with E-state index in [1.807, 2.05) is 31.2 Å². The van der Waals surface area contributed by atoms with Gasteiger partial charge < -0.3 is 10.6 Å². The molecule has 1 saturated heterocycles. The van der Waals surface area contributed by atoms with E-state index in [0.29, 0.717) is 0 Å². The molecule has 2 N–H and O–H groups in total. The van der Waals surface area contributed by atoms with Crippen molar-refractivity contribution in [3.8, 4) is 0 Å². The molecule has 0 bridgehead atoms. The minimum absolute atomic E-state index is 0.0561. The van der Waals surface area contributed by atoms with Gasteiger partial charge in [0.1, 0.15) is 0 Å². The standard InChI is InChI=1S/C13H17BrN2O/c1-9(10-3-2-4-12(14)7-10)16-13(17)11-5-6-15-8-11/h2-4,7,9,11,15H,5-6,8H2,1H3,(H,16,17). The van der Waals surface area contributed by atoms with Gasteiger partial charge in [-0.3, -0.25) is 4.79 Å². The van der Waals surface area contributed by atoms with Crippen molar-refractivity contribution in [1.29, 1.82) is 0 Å². The zero-order valence-electron chi connectivity index (χ0n) is 9.87. The SMILES string of the molecule is CC(NC(=O)C1CCNC1)c1cccc(Br)c1. The lowest BCUT2D eigenvalue weighted by Gasteiger charge is -2.17. The highest BCUT2D eigenvalue weighted by atomic mass is 79.9. The van der Waals surface area contributed by atoms with Crippen molar-refractivity contribution in [2.45, 2.75) is 19.4 Å². The van der Waals surface area contributed by atoms with E-state index in [0.717, 1.165) is 29.5 Å². The molecule has 3 nitrogen and oxygen atoms in total. The van der Waals surface area contributed by atoms with Crippen LogP contribution in [0.1, 0.15) is 24.9 Å². The number of nitrogens with one attached hydrogen (secondary N) is 2. The summed E-state index contributed by atoms with van der Waals surface area (Å²) in [6, 6.07) is 8.10. The Morgan fingerprint density at radius 3 is 3.06 bits per heavy atom. The van der Waals surface area contributed by atoms with Crippen LogP contribution in [0.15, 0.2) is 28.7 Å². The van der Waals surface area contributed by atoms with Crippen LogP contribution in [0.25, 0.3) is 0 Å². The third-order valence-corrected chi connectivity index (χ3v) is 3.63. The minimum Gasteiger partial charge on any atom is -0.349 e. The van der Waals surface area contributed by atoms with Crippen molar-refractivity contribution < 1.29 is 4.79 Å². The molecule has 92 valence electrons. The third-order valence-electron chi connectivity index (χ3n) is 3.14. The van der Waals surface area contributed by atoms with Gasteiger partial charge in [-0.15, -0.1) is 0 Å². The second kappa shape index (κ2) is 5.65. The molecule has 1 heterocycles. The second-order valence-corrected chi connectivity index (χ2v) is 5.39. The molecule has 1 aromatic rings. The first-order valence-corrected chi connectivity index (χ1v) is 6.72. The molecule has 0 radical (unpaired) electrons. The Balaban J connectivity index is 1.96. The van der Waals surface area contributed by atoms with Crippen molar-refractivity contribution in [2.75, 3.05) is 13.1 Å². The van der Waals surface area contributed by atoms with E-state index in [1.165, 1.54) is 0 Å². The number of hydrogen-bond acceptors (Lipinski definition) is 2. The molecule has 0 spiro atoms. The molecule has 2 atom stereocenters. The van der Waals surface area contributed by atoms with Gasteiger partial charge in [-0.05, 0) is 37.6 Å². The van der Waals surface area contributed by atoms with Gasteiger partial charge in [-0.2, -0.15) is 0 Å². The van der Waals surface area contributed by atoms with Crippen molar-refractivity contribution in [1.82, 2.24) is 10.6 Å². The summed E-state index contributed by atoms with van der Waals surface area (Å²) >= 11 is 3.44. The van der Waals surface area contributed by atoms with Crippen molar-refractivity contribution in [3.05, 3.63) is 34.3 Å². The zero-order valence-corrected chi connectivity index (χ0v) is 11.5. The van der Waals surface area contributed by atoms with E-state index in [1.54, 1.807) is 0 Å². The van der Waals surface area contributed by atoms with Crippen molar-refractivity contribution in [2.24, 2.45) is 5.92 Å². The van der Waals surface area contributed by atoms with Crippen molar-refractivity contribution in [3.63, 3.8) is 0 Å². The largest absolute Gasteiger partial charge is 0.349 e. The van der Waals surface area contributed by atoms with Crippen LogP contribution in [0, 0.1) is 5.92 Å². The zero-order chi connectivity index (χ0) is 12.3. The van der Waals surface area contributed by atoms with Crippen LogP contribution in [0.3, 0.4) is 0 Å². The molecule has 0 aromatic heterocycles. The Kier molecular flexibility index (Phi) is 4.18. The lowest BCUT2D eigenvalue weighted by Crippen LogP contribution is -2.33. The molecule has 17 heavy (non-hydrogen) atoms. The monoisotopic (exact) mass is 296 g/mol. The smallest absolute Gasteiger partial charge is 0.224 e. The first kappa shape index (κ1) is 12.6. The Bertz CT molecular complexity index is 402. The first-order valence-electron chi connectivity index (χ1n) is 5.93. The second-order valence-electron chi connectivity index (χ2n) is 4.48. The highest BCUT2D eigenvalue weighted by Crippen LogP contribution is 2.18. The predicted octanol–water partition coefficient (Wildman–Crippen LogP) is 2.24. The minimum atomic E-state index is 0.0561. The van der Waals surface area contributed by atoms with Gasteiger partial charge in [0.05, 0.1) is 12.0 Å². The molecule has 1 fully saturated rings. The summed E-state index contributed by atoms with van der Waals surface area (Å²) in [7, 11) is 0. The van der Waals surface area contributed by atoms with E-state index in [-0.39, 0.29) is 17.9 Å². The Hall–Kier alpha value is -0.870. The average Bonchev–Trinajstić information content (AvgIpc) is 2.82.